The van der Waals surface area contributed by atoms with Crippen LogP contribution in [0.3, 0.4) is 0 Å². The van der Waals surface area contributed by atoms with Crippen molar-refractivity contribution in [3.63, 3.8) is 0 Å². The van der Waals surface area contributed by atoms with Crippen molar-refractivity contribution in [3.8, 4) is 22.9 Å². The third-order valence-electron chi connectivity index (χ3n) is 5.35. The molecule has 0 fully saturated rings. The minimum Gasteiger partial charge on any atom is -0.298 e. The summed E-state index contributed by atoms with van der Waals surface area (Å²) in [5.41, 5.74) is 6.31. The van der Waals surface area contributed by atoms with E-state index in [9.17, 15) is 5.26 Å². The third kappa shape index (κ3) is 2.75. The number of nitrogens with one attached hydrogen (secondary N) is 1. The maximum Gasteiger partial charge on any atom is 0.108 e. The van der Waals surface area contributed by atoms with Gasteiger partial charge in [0.25, 0.3) is 0 Å². The highest BCUT2D eigenvalue weighted by molar-refractivity contribution is 6.04. The first-order valence-corrected chi connectivity index (χ1v) is 9.34. The van der Waals surface area contributed by atoms with Gasteiger partial charge in [-0.15, -0.1) is 0 Å². The zero-order chi connectivity index (χ0) is 20.0. The van der Waals surface area contributed by atoms with Gasteiger partial charge in [-0.3, -0.25) is 14.6 Å². The van der Waals surface area contributed by atoms with Crippen LogP contribution in [-0.4, -0.2) is 24.7 Å². The van der Waals surface area contributed by atoms with Gasteiger partial charge in [0.05, 0.1) is 34.9 Å². The fourth-order valence-electron chi connectivity index (χ4n) is 3.58. The number of hydrogen-bond acceptors (Lipinski definition) is 4. The number of nitriles is 1. The van der Waals surface area contributed by atoms with Gasteiger partial charge in [0.1, 0.15) is 11.8 Å². The lowest BCUT2D eigenvalue weighted by molar-refractivity contribution is 0.686. The number of rotatable bonds is 3. The number of aromatic amines is 1. The van der Waals surface area contributed by atoms with E-state index < -0.39 is 5.41 Å². The normalized spacial score (nSPS) is 11.8. The lowest BCUT2D eigenvalue weighted by Gasteiger charge is -2.16. The second-order valence-electron chi connectivity index (χ2n) is 7.61. The summed E-state index contributed by atoms with van der Waals surface area (Å²) in [6.45, 7) is 3.84. The van der Waals surface area contributed by atoms with Crippen LogP contribution in [0.2, 0.25) is 0 Å². The number of hydrogen-bond donors (Lipinski definition) is 1. The highest BCUT2D eigenvalue weighted by Gasteiger charge is 2.19. The summed E-state index contributed by atoms with van der Waals surface area (Å²) < 4.78 is 2.07. The molecule has 29 heavy (non-hydrogen) atoms. The minimum absolute atomic E-state index is 0.522. The molecule has 0 aliphatic heterocycles. The zero-order valence-electron chi connectivity index (χ0n) is 16.1. The lowest BCUT2D eigenvalue weighted by atomic mass is 9.86. The molecule has 0 aliphatic rings. The second kappa shape index (κ2) is 6.28. The maximum atomic E-state index is 9.39. The van der Waals surface area contributed by atoms with E-state index in [1.165, 1.54) is 0 Å². The number of benzene rings is 2. The Bertz CT molecular complexity index is 1370. The fraction of sp³-hybridized carbons (Fsp3) is 0.130. The number of pyridine rings is 1. The molecule has 0 amide bonds. The number of imidazole rings is 1. The maximum absolute atomic E-state index is 9.39. The van der Waals surface area contributed by atoms with Gasteiger partial charge >= 0.3 is 0 Å². The average molecular weight is 378 g/mol. The van der Waals surface area contributed by atoms with Crippen molar-refractivity contribution >= 4 is 21.9 Å². The van der Waals surface area contributed by atoms with Crippen molar-refractivity contribution in [2.45, 2.75) is 19.3 Å². The molecule has 0 bridgehead atoms. The first-order valence-electron chi connectivity index (χ1n) is 9.34. The van der Waals surface area contributed by atoms with Crippen LogP contribution in [0.5, 0.6) is 0 Å². The van der Waals surface area contributed by atoms with E-state index in [0.717, 1.165) is 44.3 Å². The standard InChI is InChI=1S/C23H18N6/c1-23(2,13-24)17-4-6-18(7-5-17)29-14-26-21-12-25-20-8-3-15(9-19(20)22(21)29)16-10-27-28-11-16/h3-12,14H,1-2H3,(H,27,28). The summed E-state index contributed by atoms with van der Waals surface area (Å²) in [4.78, 5) is 9.12. The van der Waals surface area contributed by atoms with Crippen molar-refractivity contribution in [2.24, 2.45) is 0 Å². The second-order valence-corrected chi connectivity index (χ2v) is 7.61. The molecule has 1 N–H and O–H groups in total. The predicted molar refractivity (Wildman–Crippen MR) is 113 cm³/mol. The molecule has 140 valence electrons. The molecule has 0 spiro atoms. The minimum atomic E-state index is -0.522. The van der Waals surface area contributed by atoms with Crippen LogP contribution in [0.4, 0.5) is 0 Å². The zero-order valence-corrected chi connectivity index (χ0v) is 16.1. The van der Waals surface area contributed by atoms with Gasteiger partial charge in [-0.1, -0.05) is 18.2 Å². The Morgan fingerprint density at radius 3 is 2.52 bits per heavy atom. The molecule has 0 aliphatic carbocycles. The van der Waals surface area contributed by atoms with Crippen LogP contribution < -0.4 is 0 Å². The molecule has 0 unspecified atom stereocenters. The summed E-state index contributed by atoms with van der Waals surface area (Å²) in [7, 11) is 0. The summed E-state index contributed by atoms with van der Waals surface area (Å²) in [6.07, 6.45) is 7.31. The molecule has 5 rings (SSSR count). The van der Waals surface area contributed by atoms with Crippen LogP contribution in [-0.2, 0) is 5.41 Å². The van der Waals surface area contributed by atoms with Gasteiger partial charge in [-0.25, -0.2) is 4.98 Å². The van der Waals surface area contributed by atoms with Crippen molar-refractivity contribution in [1.29, 1.82) is 5.26 Å². The first kappa shape index (κ1) is 17.1. The molecule has 2 aromatic carbocycles. The Morgan fingerprint density at radius 1 is 0.966 bits per heavy atom. The van der Waals surface area contributed by atoms with Crippen molar-refractivity contribution < 1.29 is 0 Å². The van der Waals surface area contributed by atoms with E-state index in [4.69, 9.17) is 0 Å². The van der Waals surface area contributed by atoms with E-state index in [1.54, 1.807) is 6.20 Å². The highest BCUT2D eigenvalue weighted by Crippen LogP contribution is 2.30. The van der Waals surface area contributed by atoms with E-state index in [1.807, 2.05) is 69.0 Å². The quantitative estimate of drug-likeness (QED) is 0.490. The van der Waals surface area contributed by atoms with E-state index in [2.05, 4.69) is 36.9 Å². The molecule has 6 nitrogen and oxygen atoms in total. The Morgan fingerprint density at radius 2 is 1.79 bits per heavy atom. The van der Waals surface area contributed by atoms with Gasteiger partial charge in [0.15, 0.2) is 0 Å². The largest absolute Gasteiger partial charge is 0.298 e. The summed E-state index contributed by atoms with van der Waals surface area (Å²) in [6, 6.07) is 16.6. The van der Waals surface area contributed by atoms with Crippen LogP contribution in [0.1, 0.15) is 19.4 Å². The van der Waals surface area contributed by atoms with Crippen molar-refractivity contribution in [2.75, 3.05) is 0 Å². The Kier molecular flexibility index (Phi) is 3.71. The molecule has 0 saturated carbocycles. The Hall–Kier alpha value is -3.98. The molecule has 0 radical (unpaired) electrons. The predicted octanol–water partition coefficient (Wildman–Crippen LogP) is 4.76. The smallest absolute Gasteiger partial charge is 0.108 e. The highest BCUT2D eigenvalue weighted by atomic mass is 15.1. The molecular weight excluding hydrogens is 360 g/mol. The molecule has 6 heteroatoms. The van der Waals surface area contributed by atoms with Gasteiger partial charge in [-0.2, -0.15) is 10.4 Å². The molecular formula is C23H18N6. The van der Waals surface area contributed by atoms with Crippen molar-refractivity contribution in [1.82, 2.24) is 24.7 Å². The van der Waals surface area contributed by atoms with Crippen LogP contribution in [0.25, 0.3) is 38.8 Å². The average Bonchev–Trinajstić information content (AvgIpc) is 3.43. The van der Waals surface area contributed by atoms with Crippen molar-refractivity contribution in [3.05, 3.63) is 72.9 Å². The summed E-state index contributed by atoms with van der Waals surface area (Å²) in [5, 5.41) is 17.3. The SMILES string of the molecule is CC(C)(C#N)c1ccc(-n2cnc3cnc4ccc(-c5cn[nH]c5)cc4c32)cc1. The summed E-state index contributed by atoms with van der Waals surface area (Å²) in [5.74, 6) is 0. The summed E-state index contributed by atoms with van der Waals surface area (Å²) >= 11 is 0. The number of aromatic nitrogens is 5. The third-order valence-corrected chi connectivity index (χ3v) is 5.35. The van der Waals surface area contributed by atoms with Crippen LogP contribution in [0.15, 0.2) is 67.4 Å². The monoisotopic (exact) mass is 378 g/mol. The number of fused-ring (bicyclic) bond motifs is 3. The topological polar surface area (TPSA) is 83.2 Å². The molecule has 0 saturated heterocycles. The Labute approximate surface area is 167 Å². The van der Waals surface area contributed by atoms with Crippen LogP contribution >= 0.6 is 0 Å². The van der Waals surface area contributed by atoms with Gasteiger partial charge in [0.2, 0.25) is 0 Å². The Balaban J connectivity index is 1.71. The van der Waals surface area contributed by atoms with Gasteiger partial charge in [-0.05, 0) is 49.2 Å². The van der Waals surface area contributed by atoms with E-state index in [-0.39, 0.29) is 0 Å². The molecule has 5 aromatic rings. The fourth-order valence-corrected chi connectivity index (χ4v) is 3.58. The molecule has 3 heterocycles. The van der Waals surface area contributed by atoms with Crippen LogP contribution in [0, 0.1) is 11.3 Å². The van der Waals surface area contributed by atoms with E-state index in [0.29, 0.717) is 0 Å². The van der Waals surface area contributed by atoms with Gasteiger partial charge < -0.3 is 0 Å². The van der Waals surface area contributed by atoms with E-state index >= 15 is 0 Å². The molecule has 3 aromatic heterocycles. The number of H-pyrrole nitrogens is 1. The number of nitrogens with zero attached hydrogens (tertiary/aromatic N) is 5. The molecule has 0 atom stereocenters. The lowest BCUT2D eigenvalue weighted by Crippen LogP contribution is -2.13. The van der Waals surface area contributed by atoms with Gasteiger partial charge in [0, 0.05) is 22.8 Å². The first-order chi connectivity index (χ1) is 14.1.